The van der Waals surface area contributed by atoms with E-state index in [0.717, 1.165) is 28.3 Å². The number of rotatable bonds is 3. The summed E-state index contributed by atoms with van der Waals surface area (Å²) in [7, 11) is 0. The van der Waals surface area contributed by atoms with Gasteiger partial charge in [0.05, 0.1) is 6.04 Å². The molecule has 2 aromatic rings. The molecule has 1 atom stereocenters. The maximum absolute atomic E-state index is 5.36. The molecule has 0 saturated carbocycles. The first-order valence-electron chi connectivity index (χ1n) is 6.19. The molecule has 1 aliphatic rings. The molecule has 0 bridgehead atoms. The Labute approximate surface area is 124 Å². The fraction of sp³-hybridized carbons (Fsp3) is 0.385. The fourth-order valence-corrected chi connectivity index (χ4v) is 3.41. The number of aromatic nitrogens is 2. The topological polar surface area (TPSA) is 51.0 Å². The van der Waals surface area contributed by atoms with E-state index < -0.39 is 0 Å². The molecule has 100 valence electrons. The van der Waals surface area contributed by atoms with Crippen LogP contribution in [-0.4, -0.2) is 28.2 Å². The summed E-state index contributed by atoms with van der Waals surface area (Å²) in [6, 6.07) is 8.36. The van der Waals surface area contributed by atoms with Crippen LogP contribution >= 0.6 is 27.7 Å². The van der Waals surface area contributed by atoms with Gasteiger partial charge in [0, 0.05) is 28.9 Å². The SMILES string of the molecule is Brc1cccc(Cc2noc(C3CSCCN3)n2)c1. The molecule has 0 amide bonds. The Morgan fingerprint density at radius 3 is 3.21 bits per heavy atom. The van der Waals surface area contributed by atoms with Crippen LogP contribution in [0.1, 0.15) is 23.3 Å². The van der Waals surface area contributed by atoms with Crippen molar-refractivity contribution in [3.05, 3.63) is 46.0 Å². The van der Waals surface area contributed by atoms with Gasteiger partial charge in [-0.1, -0.05) is 33.2 Å². The van der Waals surface area contributed by atoms with Crippen LogP contribution in [0, 0.1) is 0 Å². The lowest BCUT2D eigenvalue weighted by molar-refractivity contribution is 0.339. The van der Waals surface area contributed by atoms with Crippen LogP contribution in [0.5, 0.6) is 0 Å². The molecule has 1 saturated heterocycles. The van der Waals surface area contributed by atoms with Crippen LogP contribution in [0.25, 0.3) is 0 Å². The highest BCUT2D eigenvalue weighted by Crippen LogP contribution is 2.21. The van der Waals surface area contributed by atoms with E-state index in [1.807, 2.05) is 23.9 Å². The minimum absolute atomic E-state index is 0.197. The molecule has 0 radical (unpaired) electrons. The zero-order valence-electron chi connectivity index (χ0n) is 10.3. The van der Waals surface area contributed by atoms with Crippen molar-refractivity contribution in [3.63, 3.8) is 0 Å². The third-order valence-corrected chi connectivity index (χ3v) is 4.51. The zero-order valence-corrected chi connectivity index (χ0v) is 12.7. The van der Waals surface area contributed by atoms with Gasteiger partial charge >= 0.3 is 0 Å². The summed E-state index contributed by atoms with van der Waals surface area (Å²) >= 11 is 5.38. The Morgan fingerprint density at radius 2 is 2.42 bits per heavy atom. The van der Waals surface area contributed by atoms with E-state index in [-0.39, 0.29) is 6.04 Å². The van der Waals surface area contributed by atoms with Crippen molar-refractivity contribution in [2.24, 2.45) is 0 Å². The zero-order chi connectivity index (χ0) is 13.1. The van der Waals surface area contributed by atoms with Crippen LogP contribution in [0.2, 0.25) is 0 Å². The van der Waals surface area contributed by atoms with Gasteiger partial charge in [-0.3, -0.25) is 0 Å². The van der Waals surface area contributed by atoms with Gasteiger partial charge in [0.15, 0.2) is 5.82 Å². The molecule has 3 rings (SSSR count). The van der Waals surface area contributed by atoms with Crippen LogP contribution < -0.4 is 5.32 Å². The second-order valence-corrected chi connectivity index (χ2v) is 6.50. The van der Waals surface area contributed by atoms with Crippen molar-refractivity contribution >= 4 is 27.7 Å². The second kappa shape index (κ2) is 6.07. The van der Waals surface area contributed by atoms with Crippen molar-refractivity contribution in [2.45, 2.75) is 12.5 Å². The van der Waals surface area contributed by atoms with Gasteiger partial charge in [-0.2, -0.15) is 16.7 Å². The van der Waals surface area contributed by atoms with Crippen LogP contribution in [-0.2, 0) is 6.42 Å². The van der Waals surface area contributed by atoms with Crippen molar-refractivity contribution in [3.8, 4) is 0 Å². The largest absolute Gasteiger partial charge is 0.338 e. The number of benzene rings is 1. The van der Waals surface area contributed by atoms with E-state index in [2.05, 4.69) is 43.5 Å². The Morgan fingerprint density at radius 1 is 1.47 bits per heavy atom. The monoisotopic (exact) mass is 339 g/mol. The number of nitrogens with one attached hydrogen (secondary N) is 1. The summed E-state index contributed by atoms with van der Waals surface area (Å²) in [5.74, 6) is 3.59. The summed E-state index contributed by atoms with van der Waals surface area (Å²) in [6.07, 6.45) is 0.697. The smallest absolute Gasteiger partial charge is 0.244 e. The van der Waals surface area contributed by atoms with E-state index in [4.69, 9.17) is 4.52 Å². The van der Waals surface area contributed by atoms with Gasteiger partial charge in [0.25, 0.3) is 0 Å². The molecule has 6 heteroatoms. The summed E-state index contributed by atoms with van der Waals surface area (Å²) in [5.41, 5.74) is 1.17. The van der Waals surface area contributed by atoms with Crippen LogP contribution in [0.3, 0.4) is 0 Å². The molecule has 1 aliphatic heterocycles. The third kappa shape index (κ3) is 3.38. The molecular formula is C13H14BrN3OS. The molecule has 4 nitrogen and oxygen atoms in total. The van der Waals surface area contributed by atoms with Crippen molar-refractivity contribution in [1.82, 2.24) is 15.5 Å². The van der Waals surface area contributed by atoms with E-state index >= 15 is 0 Å². The summed E-state index contributed by atoms with van der Waals surface area (Å²) in [5, 5.41) is 7.46. The van der Waals surface area contributed by atoms with Crippen molar-refractivity contribution in [1.29, 1.82) is 0 Å². The lowest BCUT2D eigenvalue weighted by atomic mass is 10.1. The van der Waals surface area contributed by atoms with Gasteiger partial charge in [-0.05, 0) is 17.7 Å². The summed E-state index contributed by atoms with van der Waals surface area (Å²) < 4.78 is 6.43. The Balaban J connectivity index is 1.70. The Hall–Kier alpha value is -0.850. The first kappa shape index (κ1) is 13.1. The number of nitrogens with zero attached hydrogens (tertiary/aromatic N) is 2. The lowest BCUT2D eigenvalue weighted by Gasteiger charge is -2.19. The molecule has 0 aliphatic carbocycles. The van der Waals surface area contributed by atoms with E-state index in [0.29, 0.717) is 12.3 Å². The van der Waals surface area contributed by atoms with Gasteiger partial charge in [-0.25, -0.2) is 0 Å². The first-order valence-corrected chi connectivity index (χ1v) is 8.14. The van der Waals surface area contributed by atoms with Crippen LogP contribution in [0.4, 0.5) is 0 Å². The van der Waals surface area contributed by atoms with Crippen LogP contribution in [0.15, 0.2) is 33.3 Å². The maximum atomic E-state index is 5.36. The van der Waals surface area contributed by atoms with Crippen molar-refractivity contribution in [2.75, 3.05) is 18.1 Å². The second-order valence-electron chi connectivity index (χ2n) is 4.44. The predicted octanol–water partition coefficient (Wildman–Crippen LogP) is 2.80. The summed E-state index contributed by atoms with van der Waals surface area (Å²) in [4.78, 5) is 4.49. The normalized spacial score (nSPS) is 19.5. The third-order valence-electron chi connectivity index (χ3n) is 2.95. The first-order chi connectivity index (χ1) is 9.31. The average Bonchev–Trinajstić information content (AvgIpc) is 2.88. The van der Waals surface area contributed by atoms with Gasteiger partial charge < -0.3 is 9.84 Å². The molecule has 1 fully saturated rings. The molecule has 1 N–H and O–H groups in total. The minimum Gasteiger partial charge on any atom is -0.338 e. The Bertz CT molecular complexity index is 554. The van der Waals surface area contributed by atoms with Gasteiger partial charge in [0.1, 0.15) is 0 Å². The quantitative estimate of drug-likeness (QED) is 0.931. The van der Waals surface area contributed by atoms with E-state index in [1.165, 1.54) is 5.56 Å². The predicted molar refractivity (Wildman–Crippen MR) is 79.3 cm³/mol. The minimum atomic E-state index is 0.197. The molecule has 1 unspecified atom stereocenters. The average molecular weight is 340 g/mol. The number of thioether (sulfide) groups is 1. The highest BCUT2D eigenvalue weighted by molar-refractivity contribution is 9.10. The van der Waals surface area contributed by atoms with E-state index in [1.54, 1.807) is 0 Å². The molecule has 2 heterocycles. The number of hydrogen-bond donors (Lipinski definition) is 1. The Kier molecular flexibility index (Phi) is 4.20. The van der Waals surface area contributed by atoms with Gasteiger partial charge in [0.2, 0.25) is 5.89 Å². The number of halogens is 1. The lowest BCUT2D eigenvalue weighted by Crippen LogP contribution is -2.30. The molecule has 0 spiro atoms. The summed E-state index contributed by atoms with van der Waals surface area (Å²) in [6.45, 7) is 0.999. The molecule has 19 heavy (non-hydrogen) atoms. The highest BCUT2D eigenvalue weighted by Gasteiger charge is 2.21. The standard InChI is InChI=1S/C13H14BrN3OS/c14-10-3-1-2-9(6-10)7-12-16-13(18-17-12)11-8-19-5-4-15-11/h1-3,6,11,15H,4-5,7-8H2. The van der Waals surface area contributed by atoms with Crippen molar-refractivity contribution < 1.29 is 4.52 Å². The number of hydrogen-bond acceptors (Lipinski definition) is 5. The van der Waals surface area contributed by atoms with E-state index in [9.17, 15) is 0 Å². The molecule has 1 aromatic carbocycles. The fourth-order valence-electron chi connectivity index (χ4n) is 2.03. The molecular weight excluding hydrogens is 326 g/mol. The highest BCUT2D eigenvalue weighted by atomic mass is 79.9. The maximum Gasteiger partial charge on any atom is 0.244 e. The molecule has 1 aromatic heterocycles. The van der Waals surface area contributed by atoms with Gasteiger partial charge in [-0.15, -0.1) is 0 Å².